The Morgan fingerprint density at radius 3 is 2.57 bits per heavy atom. The van der Waals surface area contributed by atoms with E-state index >= 15 is 0 Å². The minimum absolute atomic E-state index is 0.174. The van der Waals surface area contributed by atoms with Crippen molar-refractivity contribution < 1.29 is 9.59 Å². The van der Waals surface area contributed by atoms with Crippen molar-refractivity contribution in [1.29, 1.82) is 0 Å². The number of hydrogen-bond acceptors (Lipinski definition) is 2. The van der Waals surface area contributed by atoms with Crippen LogP contribution >= 0.6 is 0 Å². The van der Waals surface area contributed by atoms with Crippen molar-refractivity contribution >= 4 is 17.6 Å². The van der Waals surface area contributed by atoms with Gasteiger partial charge in [-0.3, -0.25) is 4.79 Å². The minimum Gasteiger partial charge on any atom is -0.354 e. The number of para-hydroxylation sites is 1. The van der Waals surface area contributed by atoms with E-state index in [2.05, 4.69) is 16.0 Å². The molecule has 1 atom stereocenters. The Hall–Kier alpha value is -2.04. The van der Waals surface area contributed by atoms with Crippen LogP contribution in [0.2, 0.25) is 0 Å². The number of carbonyl (C=O) groups is 2. The molecule has 0 spiro atoms. The quantitative estimate of drug-likeness (QED) is 0.754. The third-order valence-corrected chi connectivity index (χ3v) is 3.27. The molecule has 1 aromatic carbocycles. The molecule has 1 rings (SSSR count). The van der Waals surface area contributed by atoms with Crippen LogP contribution in [0, 0.1) is 6.92 Å². The standard InChI is InChI=1S/C16H25N3O2/c1-5-10-17-15(20)12(4)18-16(21)19-14-11(3)8-7-9-13(14)6-2/h7-9,12H,5-6,10H2,1-4H3,(H,17,20)(H2,18,19,21)/t12-/m1/s1. The van der Waals surface area contributed by atoms with Gasteiger partial charge in [0.25, 0.3) is 0 Å². The van der Waals surface area contributed by atoms with Gasteiger partial charge in [0, 0.05) is 12.2 Å². The normalized spacial score (nSPS) is 11.6. The van der Waals surface area contributed by atoms with Gasteiger partial charge in [-0.25, -0.2) is 4.79 Å². The Balaban J connectivity index is 2.64. The molecule has 0 unspecified atom stereocenters. The first-order valence-corrected chi connectivity index (χ1v) is 7.43. The molecule has 3 N–H and O–H groups in total. The smallest absolute Gasteiger partial charge is 0.319 e. The molecule has 0 aliphatic heterocycles. The maximum Gasteiger partial charge on any atom is 0.319 e. The zero-order chi connectivity index (χ0) is 15.8. The third kappa shape index (κ3) is 5.10. The van der Waals surface area contributed by atoms with Crippen molar-refractivity contribution in [3.8, 4) is 0 Å². The number of hydrogen-bond donors (Lipinski definition) is 3. The van der Waals surface area contributed by atoms with Gasteiger partial charge in [-0.15, -0.1) is 0 Å². The largest absolute Gasteiger partial charge is 0.354 e. The third-order valence-electron chi connectivity index (χ3n) is 3.27. The maximum absolute atomic E-state index is 12.0. The average molecular weight is 291 g/mol. The van der Waals surface area contributed by atoms with Crippen molar-refractivity contribution in [2.75, 3.05) is 11.9 Å². The molecular formula is C16H25N3O2. The second kappa shape index (κ2) is 8.29. The maximum atomic E-state index is 12.0. The molecule has 5 nitrogen and oxygen atoms in total. The molecule has 0 aliphatic carbocycles. The number of aryl methyl sites for hydroxylation is 2. The zero-order valence-corrected chi connectivity index (χ0v) is 13.2. The highest BCUT2D eigenvalue weighted by Crippen LogP contribution is 2.20. The second-order valence-corrected chi connectivity index (χ2v) is 5.07. The summed E-state index contributed by atoms with van der Waals surface area (Å²) in [5.41, 5.74) is 2.90. The summed E-state index contributed by atoms with van der Waals surface area (Å²) >= 11 is 0. The van der Waals surface area contributed by atoms with Gasteiger partial charge in [-0.2, -0.15) is 0 Å². The SMILES string of the molecule is CCCNC(=O)[C@@H](C)NC(=O)Nc1c(C)cccc1CC. The first kappa shape index (κ1) is 17.0. The van der Waals surface area contributed by atoms with E-state index in [4.69, 9.17) is 0 Å². The molecule has 0 radical (unpaired) electrons. The summed E-state index contributed by atoms with van der Waals surface area (Å²) in [5, 5.41) is 8.25. The molecule has 0 fully saturated rings. The number of rotatable bonds is 6. The fourth-order valence-corrected chi connectivity index (χ4v) is 2.02. The zero-order valence-electron chi connectivity index (χ0n) is 13.2. The van der Waals surface area contributed by atoms with E-state index in [0.29, 0.717) is 6.54 Å². The highest BCUT2D eigenvalue weighted by atomic mass is 16.2. The fourth-order valence-electron chi connectivity index (χ4n) is 2.02. The van der Waals surface area contributed by atoms with E-state index < -0.39 is 6.04 Å². The van der Waals surface area contributed by atoms with Gasteiger partial charge in [-0.1, -0.05) is 32.0 Å². The highest BCUT2D eigenvalue weighted by Gasteiger charge is 2.16. The van der Waals surface area contributed by atoms with E-state index in [1.165, 1.54) is 0 Å². The topological polar surface area (TPSA) is 70.2 Å². The number of amides is 3. The van der Waals surface area contributed by atoms with Crippen LogP contribution in [0.4, 0.5) is 10.5 Å². The molecular weight excluding hydrogens is 266 g/mol. The second-order valence-electron chi connectivity index (χ2n) is 5.07. The highest BCUT2D eigenvalue weighted by molar-refractivity contribution is 5.94. The van der Waals surface area contributed by atoms with E-state index in [9.17, 15) is 9.59 Å². The number of nitrogens with one attached hydrogen (secondary N) is 3. The minimum atomic E-state index is -0.564. The van der Waals surface area contributed by atoms with E-state index in [-0.39, 0.29) is 11.9 Å². The van der Waals surface area contributed by atoms with Crippen LogP contribution in [0.3, 0.4) is 0 Å². The van der Waals surface area contributed by atoms with Crippen LogP contribution < -0.4 is 16.0 Å². The molecule has 0 bridgehead atoms. The van der Waals surface area contributed by atoms with Crippen molar-refractivity contribution in [1.82, 2.24) is 10.6 Å². The van der Waals surface area contributed by atoms with Gasteiger partial charge >= 0.3 is 6.03 Å². The summed E-state index contributed by atoms with van der Waals surface area (Å²) in [4.78, 5) is 23.7. The van der Waals surface area contributed by atoms with Gasteiger partial charge in [0.05, 0.1) is 0 Å². The van der Waals surface area contributed by atoms with Crippen LogP contribution in [-0.2, 0) is 11.2 Å². The van der Waals surface area contributed by atoms with E-state index in [1.807, 2.05) is 39.0 Å². The number of urea groups is 1. The lowest BCUT2D eigenvalue weighted by molar-refractivity contribution is -0.122. The van der Waals surface area contributed by atoms with Crippen molar-refractivity contribution in [2.45, 2.75) is 46.6 Å². The van der Waals surface area contributed by atoms with Gasteiger partial charge in [0.2, 0.25) is 5.91 Å². The summed E-state index contributed by atoms with van der Waals surface area (Å²) in [6, 6.07) is 4.98. The lowest BCUT2D eigenvalue weighted by Gasteiger charge is -2.17. The average Bonchev–Trinajstić information content (AvgIpc) is 2.46. The Morgan fingerprint density at radius 2 is 1.95 bits per heavy atom. The van der Waals surface area contributed by atoms with Crippen LogP contribution in [0.25, 0.3) is 0 Å². The number of benzene rings is 1. The molecule has 5 heteroatoms. The molecule has 0 heterocycles. The van der Waals surface area contributed by atoms with Gasteiger partial charge < -0.3 is 16.0 Å². The Labute approximate surface area is 126 Å². The fraction of sp³-hybridized carbons (Fsp3) is 0.500. The van der Waals surface area contributed by atoms with E-state index in [1.54, 1.807) is 6.92 Å². The van der Waals surface area contributed by atoms with Gasteiger partial charge in [0.1, 0.15) is 6.04 Å². The molecule has 0 saturated carbocycles. The summed E-state index contributed by atoms with van der Waals surface area (Å²) in [6.45, 7) is 8.26. The molecule has 1 aromatic rings. The molecule has 3 amide bonds. The van der Waals surface area contributed by atoms with Crippen LogP contribution in [0.15, 0.2) is 18.2 Å². The first-order valence-electron chi connectivity index (χ1n) is 7.43. The molecule has 0 aliphatic rings. The van der Waals surface area contributed by atoms with Gasteiger partial charge in [-0.05, 0) is 37.8 Å². The lowest BCUT2D eigenvalue weighted by atomic mass is 10.1. The summed E-state index contributed by atoms with van der Waals surface area (Å²) in [5.74, 6) is -0.174. The lowest BCUT2D eigenvalue weighted by Crippen LogP contribution is -2.46. The first-order chi connectivity index (χ1) is 9.99. The van der Waals surface area contributed by atoms with Crippen LogP contribution in [-0.4, -0.2) is 24.5 Å². The predicted molar refractivity (Wildman–Crippen MR) is 85.5 cm³/mol. The molecule has 0 saturated heterocycles. The van der Waals surface area contributed by atoms with Crippen LogP contribution in [0.5, 0.6) is 0 Å². The number of anilines is 1. The summed E-state index contributed by atoms with van der Waals surface area (Å²) in [6.07, 6.45) is 1.71. The van der Waals surface area contributed by atoms with Crippen LogP contribution in [0.1, 0.15) is 38.3 Å². The monoisotopic (exact) mass is 291 g/mol. The van der Waals surface area contributed by atoms with Crippen molar-refractivity contribution in [3.05, 3.63) is 29.3 Å². The molecule has 21 heavy (non-hydrogen) atoms. The predicted octanol–water partition coefficient (Wildman–Crippen LogP) is 2.59. The summed E-state index contributed by atoms with van der Waals surface area (Å²) < 4.78 is 0. The van der Waals surface area contributed by atoms with Gasteiger partial charge in [0.15, 0.2) is 0 Å². The van der Waals surface area contributed by atoms with E-state index in [0.717, 1.165) is 29.7 Å². The van der Waals surface area contributed by atoms with Crippen molar-refractivity contribution in [3.63, 3.8) is 0 Å². The summed E-state index contributed by atoms with van der Waals surface area (Å²) in [7, 11) is 0. The number of carbonyl (C=O) groups excluding carboxylic acids is 2. The Kier molecular flexibility index (Phi) is 6.72. The molecule has 0 aromatic heterocycles. The Morgan fingerprint density at radius 1 is 1.24 bits per heavy atom. The van der Waals surface area contributed by atoms with Crippen molar-refractivity contribution in [2.24, 2.45) is 0 Å². The Bertz CT molecular complexity index is 500. The molecule has 116 valence electrons.